The van der Waals surface area contributed by atoms with Crippen LogP contribution in [0.5, 0.6) is 0 Å². The van der Waals surface area contributed by atoms with Crippen LogP contribution in [0.1, 0.15) is 47.4 Å². The highest BCUT2D eigenvalue weighted by atomic mass is 16.6. The summed E-state index contributed by atoms with van der Waals surface area (Å²) >= 11 is 0. The Morgan fingerprint density at radius 1 is 1.15 bits per heavy atom. The van der Waals surface area contributed by atoms with Crippen LogP contribution in [0.4, 0.5) is 5.82 Å². The first-order valence-electron chi connectivity index (χ1n) is 11.2. The van der Waals surface area contributed by atoms with Crippen LogP contribution >= 0.6 is 0 Å². The van der Waals surface area contributed by atoms with E-state index in [2.05, 4.69) is 10.3 Å². The van der Waals surface area contributed by atoms with Crippen LogP contribution in [0.3, 0.4) is 0 Å². The van der Waals surface area contributed by atoms with Gasteiger partial charge in [0.25, 0.3) is 0 Å². The molecule has 0 aliphatic heterocycles. The number of hydrogen-bond donors (Lipinski definition) is 2. The highest BCUT2D eigenvalue weighted by molar-refractivity contribution is 6.06. The van der Waals surface area contributed by atoms with E-state index < -0.39 is 23.6 Å². The van der Waals surface area contributed by atoms with E-state index in [0.29, 0.717) is 24.4 Å². The van der Waals surface area contributed by atoms with Crippen molar-refractivity contribution in [3.8, 4) is 0 Å². The SMILES string of the molecule is CCNCc1nc2c(N)nc3ccccc3c2n1CC(C)(C)OC(=O)C(C)OC(=O)C(C)C. The van der Waals surface area contributed by atoms with Crippen molar-refractivity contribution in [3.05, 3.63) is 30.1 Å². The third kappa shape index (κ3) is 5.42. The fourth-order valence-corrected chi connectivity index (χ4v) is 3.57. The molecule has 1 unspecified atom stereocenters. The number of nitrogens with zero attached hydrogens (tertiary/aromatic N) is 3. The lowest BCUT2D eigenvalue weighted by atomic mass is 10.1. The largest absolute Gasteiger partial charge is 0.455 e. The summed E-state index contributed by atoms with van der Waals surface area (Å²) in [4.78, 5) is 33.8. The zero-order valence-electron chi connectivity index (χ0n) is 20.1. The van der Waals surface area contributed by atoms with Gasteiger partial charge in [-0.05, 0) is 33.4 Å². The van der Waals surface area contributed by atoms with Gasteiger partial charge in [0.05, 0.1) is 30.0 Å². The van der Waals surface area contributed by atoms with E-state index in [1.807, 2.05) is 49.6 Å². The van der Waals surface area contributed by atoms with Gasteiger partial charge in [-0.2, -0.15) is 0 Å². The molecule has 9 nitrogen and oxygen atoms in total. The smallest absolute Gasteiger partial charge is 0.347 e. The molecule has 0 fully saturated rings. The molecule has 0 amide bonds. The van der Waals surface area contributed by atoms with E-state index in [1.165, 1.54) is 6.92 Å². The molecule has 0 saturated heterocycles. The number of esters is 2. The third-order valence-corrected chi connectivity index (χ3v) is 5.23. The highest BCUT2D eigenvalue weighted by Gasteiger charge is 2.31. The van der Waals surface area contributed by atoms with Gasteiger partial charge in [0.15, 0.2) is 11.9 Å². The molecule has 1 aromatic carbocycles. The first-order chi connectivity index (χ1) is 15.5. The standard InChI is InChI=1S/C24H33N5O4/c1-7-26-12-18-28-19-20(16-10-8-9-11-17(16)27-21(19)25)29(18)13-24(5,6)33-23(31)15(4)32-22(30)14(2)3/h8-11,14-15,26H,7,12-13H2,1-6H3,(H2,25,27). The molecule has 0 spiro atoms. The summed E-state index contributed by atoms with van der Waals surface area (Å²) in [6, 6.07) is 7.73. The number of aromatic nitrogens is 3. The normalized spacial score (nSPS) is 12.9. The van der Waals surface area contributed by atoms with Crippen LogP contribution in [0, 0.1) is 5.92 Å². The van der Waals surface area contributed by atoms with Crippen molar-refractivity contribution in [2.45, 2.75) is 66.3 Å². The second-order valence-electron chi connectivity index (χ2n) is 9.02. The number of ether oxygens (including phenoxy) is 2. The molecule has 0 aliphatic carbocycles. The van der Waals surface area contributed by atoms with Gasteiger partial charge in [0.1, 0.15) is 16.9 Å². The molecule has 3 N–H and O–H groups in total. The number of rotatable bonds is 9. The number of nitrogens with one attached hydrogen (secondary N) is 1. The van der Waals surface area contributed by atoms with E-state index in [1.54, 1.807) is 13.8 Å². The van der Waals surface area contributed by atoms with Gasteiger partial charge in [-0.3, -0.25) is 4.79 Å². The van der Waals surface area contributed by atoms with Crippen molar-refractivity contribution in [1.29, 1.82) is 0 Å². The van der Waals surface area contributed by atoms with Crippen LogP contribution in [-0.2, 0) is 32.2 Å². The van der Waals surface area contributed by atoms with E-state index in [0.717, 1.165) is 28.8 Å². The van der Waals surface area contributed by atoms with E-state index >= 15 is 0 Å². The summed E-state index contributed by atoms with van der Waals surface area (Å²) in [5.74, 6) is -0.256. The number of hydrogen-bond acceptors (Lipinski definition) is 8. The van der Waals surface area contributed by atoms with E-state index in [4.69, 9.17) is 20.2 Å². The number of benzene rings is 1. The number of carbonyl (C=O) groups excluding carboxylic acids is 2. The maximum atomic E-state index is 12.7. The Balaban J connectivity index is 1.97. The molecule has 178 valence electrons. The monoisotopic (exact) mass is 455 g/mol. The lowest BCUT2D eigenvalue weighted by molar-refractivity contribution is -0.177. The predicted molar refractivity (Wildman–Crippen MR) is 127 cm³/mol. The molecule has 0 aliphatic rings. The number of anilines is 1. The number of nitrogens with two attached hydrogens (primary N) is 1. The summed E-state index contributed by atoms with van der Waals surface area (Å²) in [5, 5.41) is 4.22. The van der Waals surface area contributed by atoms with Crippen molar-refractivity contribution in [2.24, 2.45) is 5.92 Å². The molecule has 9 heteroatoms. The Morgan fingerprint density at radius 2 is 1.85 bits per heavy atom. The fourth-order valence-electron chi connectivity index (χ4n) is 3.57. The second-order valence-corrected chi connectivity index (χ2v) is 9.02. The molecule has 0 radical (unpaired) electrons. The molecular formula is C24H33N5O4. The highest BCUT2D eigenvalue weighted by Crippen LogP contribution is 2.30. The predicted octanol–water partition coefficient (Wildman–Crippen LogP) is 3.19. The van der Waals surface area contributed by atoms with Gasteiger partial charge >= 0.3 is 11.9 Å². The number of para-hydroxylation sites is 1. The maximum Gasteiger partial charge on any atom is 0.347 e. The molecule has 2 heterocycles. The average Bonchev–Trinajstić information content (AvgIpc) is 3.10. The minimum absolute atomic E-state index is 0.327. The number of fused-ring (bicyclic) bond motifs is 3. The summed E-state index contributed by atoms with van der Waals surface area (Å²) in [6.07, 6.45) is -0.999. The van der Waals surface area contributed by atoms with Gasteiger partial charge < -0.3 is 25.1 Å². The average molecular weight is 456 g/mol. The molecular weight excluding hydrogens is 422 g/mol. The Hall–Kier alpha value is -3.20. The Kier molecular flexibility index (Phi) is 7.22. The number of carbonyl (C=O) groups is 2. The van der Waals surface area contributed by atoms with Gasteiger partial charge in [0, 0.05) is 5.39 Å². The molecule has 0 saturated carbocycles. The van der Waals surface area contributed by atoms with Crippen molar-refractivity contribution in [2.75, 3.05) is 12.3 Å². The Morgan fingerprint density at radius 3 is 2.52 bits per heavy atom. The summed E-state index contributed by atoms with van der Waals surface area (Å²) in [7, 11) is 0. The van der Waals surface area contributed by atoms with Gasteiger partial charge in [-0.15, -0.1) is 0 Å². The minimum atomic E-state index is -0.999. The van der Waals surface area contributed by atoms with E-state index in [-0.39, 0.29) is 5.92 Å². The Bertz CT molecular complexity index is 1170. The lowest BCUT2D eigenvalue weighted by Crippen LogP contribution is -2.39. The molecule has 3 rings (SSSR count). The van der Waals surface area contributed by atoms with Crippen LogP contribution in [0.2, 0.25) is 0 Å². The zero-order valence-corrected chi connectivity index (χ0v) is 20.1. The van der Waals surface area contributed by atoms with Crippen LogP contribution < -0.4 is 11.1 Å². The van der Waals surface area contributed by atoms with Crippen molar-refractivity contribution in [1.82, 2.24) is 19.9 Å². The summed E-state index contributed by atoms with van der Waals surface area (Å²) < 4.78 is 13.0. The molecule has 1 atom stereocenters. The second kappa shape index (κ2) is 9.74. The number of imidazole rings is 1. The lowest BCUT2D eigenvalue weighted by Gasteiger charge is -2.28. The van der Waals surface area contributed by atoms with Crippen LogP contribution in [-0.4, -0.2) is 44.7 Å². The minimum Gasteiger partial charge on any atom is -0.455 e. The first kappa shape index (κ1) is 24.4. The molecule has 2 aromatic heterocycles. The van der Waals surface area contributed by atoms with Crippen LogP contribution in [0.25, 0.3) is 21.9 Å². The molecule has 3 aromatic rings. The van der Waals surface area contributed by atoms with Crippen LogP contribution in [0.15, 0.2) is 24.3 Å². The summed E-state index contributed by atoms with van der Waals surface area (Å²) in [6.45, 7) is 12.2. The maximum absolute atomic E-state index is 12.7. The number of nitrogen functional groups attached to an aromatic ring is 1. The van der Waals surface area contributed by atoms with Crippen molar-refractivity contribution in [3.63, 3.8) is 0 Å². The first-order valence-corrected chi connectivity index (χ1v) is 11.2. The topological polar surface area (TPSA) is 121 Å². The van der Waals surface area contributed by atoms with Crippen molar-refractivity contribution >= 4 is 39.7 Å². The molecule has 0 bridgehead atoms. The van der Waals surface area contributed by atoms with E-state index in [9.17, 15) is 9.59 Å². The third-order valence-electron chi connectivity index (χ3n) is 5.23. The fraction of sp³-hybridized carbons (Fsp3) is 0.500. The van der Waals surface area contributed by atoms with Gasteiger partial charge in [-0.25, -0.2) is 14.8 Å². The van der Waals surface area contributed by atoms with Crippen molar-refractivity contribution < 1.29 is 19.1 Å². The zero-order chi connectivity index (χ0) is 24.3. The Labute approximate surface area is 193 Å². The molecule has 33 heavy (non-hydrogen) atoms. The van der Waals surface area contributed by atoms with Gasteiger partial charge in [0.2, 0.25) is 0 Å². The number of pyridine rings is 1. The van der Waals surface area contributed by atoms with Gasteiger partial charge in [-0.1, -0.05) is 39.0 Å². The quantitative estimate of drug-likeness (QED) is 0.472. The summed E-state index contributed by atoms with van der Waals surface area (Å²) in [5.41, 5.74) is 7.56.